The molecular formula is C27H27N3O4. The average molecular weight is 458 g/mol. The molecule has 1 fully saturated rings. The van der Waals surface area contributed by atoms with Gasteiger partial charge in [0.25, 0.3) is 0 Å². The zero-order chi connectivity index (χ0) is 23.7. The van der Waals surface area contributed by atoms with Crippen LogP contribution in [0.1, 0.15) is 27.4 Å². The van der Waals surface area contributed by atoms with Crippen LogP contribution >= 0.6 is 0 Å². The highest BCUT2D eigenvalue weighted by Gasteiger charge is 2.30. The summed E-state index contributed by atoms with van der Waals surface area (Å²) in [5.41, 5.74) is 12.5. The van der Waals surface area contributed by atoms with Crippen molar-refractivity contribution in [3.05, 3.63) is 83.4 Å². The molecule has 3 aromatic carbocycles. The zero-order valence-electron chi connectivity index (χ0n) is 19.1. The van der Waals surface area contributed by atoms with Crippen LogP contribution in [-0.2, 0) is 9.47 Å². The van der Waals surface area contributed by atoms with Crippen LogP contribution in [0.2, 0.25) is 0 Å². The van der Waals surface area contributed by atoms with E-state index in [4.69, 9.17) is 15.2 Å². The maximum absolute atomic E-state index is 12.9. The summed E-state index contributed by atoms with van der Waals surface area (Å²) in [7, 11) is 1.35. The molecule has 174 valence electrons. The molecule has 0 spiro atoms. The Morgan fingerprint density at radius 2 is 1.53 bits per heavy atom. The van der Waals surface area contributed by atoms with Crippen LogP contribution in [0.5, 0.6) is 0 Å². The van der Waals surface area contributed by atoms with Crippen molar-refractivity contribution in [2.24, 2.45) is 0 Å². The lowest BCUT2D eigenvalue weighted by Crippen LogP contribution is -2.49. The first kappa shape index (κ1) is 21.8. The van der Waals surface area contributed by atoms with Crippen LogP contribution in [0.4, 0.5) is 16.2 Å². The van der Waals surface area contributed by atoms with E-state index in [1.54, 1.807) is 17.0 Å². The number of nitrogen functional groups attached to an aromatic ring is 1. The molecule has 34 heavy (non-hydrogen) atoms. The summed E-state index contributed by atoms with van der Waals surface area (Å²) < 4.78 is 10.6. The molecular weight excluding hydrogens is 430 g/mol. The fourth-order valence-corrected chi connectivity index (χ4v) is 4.89. The molecule has 0 saturated carbocycles. The Morgan fingerprint density at radius 3 is 2.15 bits per heavy atom. The van der Waals surface area contributed by atoms with Crippen molar-refractivity contribution in [3.8, 4) is 11.1 Å². The van der Waals surface area contributed by atoms with Gasteiger partial charge in [-0.1, -0.05) is 48.5 Å². The molecule has 1 heterocycles. The number of anilines is 2. The van der Waals surface area contributed by atoms with E-state index in [9.17, 15) is 9.59 Å². The number of hydrogen-bond acceptors (Lipinski definition) is 6. The maximum atomic E-state index is 12.9. The van der Waals surface area contributed by atoms with E-state index < -0.39 is 5.97 Å². The van der Waals surface area contributed by atoms with Crippen molar-refractivity contribution >= 4 is 23.4 Å². The third-order valence-electron chi connectivity index (χ3n) is 6.60. The number of nitrogens with zero attached hydrogens (tertiary/aromatic N) is 2. The van der Waals surface area contributed by atoms with Crippen molar-refractivity contribution in [3.63, 3.8) is 0 Å². The maximum Gasteiger partial charge on any atom is 0.409 e. The molecule has 5 rings (SSSR count). The van der Waals surface area contributed by atoms with Gasteiger partial charge < -0.3 is 25.0 Å². The van der Waals surface area contributed by atoms with E-state index in [1.807, 2.05) is 30.3 Å². The summed E-state index contributed by atoms with van der Waals surface area (Å²) in [6, 6.07) is 21.8. The van der Waals surface area contributed by atoms with Gasteiger partial charge in [-0.3, -0.25) is 0 Å². The van der Waals surface area contributed by atoms with E-state index in [0.29, 0.717) is 44.0 Å². The molecule has 2 aliphatic rings. The summed E-state index contributed by atoms with van der Waals surface area (Å²) in [4.78, 5) is 28.6. The Bertz CT molecular complexity index is 1190. The van der Waals surface area contributed by atoms with Crippen LogP contribution in [0, 0.1) is 0 Å². The number of esters is 1. The number of hydrogen-bond donors (Lipinski definition) is 1. The van der Waals surface area contributed by atoms with Gasteiger partial charge in [0.05, 0.1) is 12.7 Å². The molecule has 1 amide bonds. The second-order valence-electron chi connectivity index (χ2n) is 8.58. The van der Waals surface area contributed by atoms with Gasteiger partial charge in [-0.2, -0.15) is 0 Å². The molecule has 1 aliphatic carbocycles. The number of piperazine rings is 1. The number of methoxy groups -OCH3 is 1. The molecule has 0 aromatic heterocycles. The summed E-state index contributed by atoms with van der Waals surface area (Å²) >= 11 is 0. The third kappa shape index (κ3) is 4.05. The molecule has 0 radical (unpaired) electrons. The van der Waals surface area contributed by atoms with Gasteiger partial charge in [-0.25, -0.2) is 9.59 Å². The van der Waals surface area contributed by atoms with Gasteiger partial charge >= 0.3 is 12.1 Å². The number of nitrogens with two attached hydrogens (primary N) is 1. The normalized spacial score (nSPS) is 15.0. The lowest BCUT2D eigenvalue weighted by molar-refractivity contribution is 0.0600. The van der Waals surface area contributed by atoms with Crippen LogP contribution in [0.25, 0.3) is 11.1 Å². The van der Waals surface area contributed by atoms with Gasteiger partial charge in [-0.05, 0) is 40.5 Å². The summed E-state index contributed by atoms with van der Waals surface area (Å²) in [6.45, 7) is 2.60. The Kier molecular flexibility index (Phi) is 5.84. The summed E-state index contributed by atoms with van der Waals surface area (Å²) in [6.07, 6.45) is -0.302. The number of rotatable bonds is 4. The highest BCUT2D eigenvalue weighted by atomic mass is 16.6. The van der Waals surface area contributed by atoms with Crippen molar-refractivity contribution in [1.82, 2.24) is 4.90 Å². The van der Waals surface area contributed by atoms with E-state index in [-0.39, 0.29) is 12.0 Å². The van der Waals surface area contributed by atoms with Crippen LogP contribution in [-0.4, -0.2) is 56.9 Å². The van der Waals surface area contributed by atoms with Crippen LogP contribution in [0.15, 0.2) is 66.7 Å². The van der Waals surface area contributed by atoms with E-state index in [2.05, 4.69) is 29.2 Å². The molecule has 7 heteroatoms. The minimum Gasteiger partial charge on any atom is -0.465 e. The van der Waals surface area contributed by atoms with E-state index >= 15 is 0 Å². The summed E-state index contributed by atoms with van der Waals surface area (Å²) in [5, 5.41) is 0. The SMILES string of the molecule is COC(=O)c1cc(N)cc(N2CCN(C(=O)OCC3c4ccccc4-c4ccccc43)CC2)c1. The second kappa shape index (κ2) is 9.09. The number of fused-ring (bicyclic) bond motifs is 3. The minimum absolute atomic E-state index is 0.0432. The van der Waals surface area contributed by atoms with Crippen molar-refractivity contribution in [2.75, 3.05) is 50.5 Å². The fourth-order valence-electron chi connectivity index (χ4n) is 4.89. The monoisotopic (exact) mass is 457 g/mol. The van der Waals surface area contributed by atoms with Crippen LogP contribution < -0.4 is 10.6 Å². The molecule has 7 nitrogen and oxygen atoms in total. The highest BCUT2D eigenvalue weighted by Crippen LogP contribution is 2.44. The number of carbonyl (C=O) groups is 2. The molecule has 2 N–H and O–H groups in total. The first-order valence-electron chi connectivity index (χ1n) is 11.4. The Balaban J connectivity index is 1.21. The lowest BCUT2D eigenvalue weighted by Gasteiger charge is -2.36. The van der Waals surface area contributed by atoms with E-state index in [0.717, 1.165) is 5.69 Å². The largest absolute Gasteiger partial charge is 0.465 e. The molecule has 1 saturated heterocycles. The first-order valence-corrected chi connectivity index (χ1v) is 11.4. The van der Waals surface area contributed by atoms with Gasteiger partial charge in [0.15, 0.2) is 0 Å². The molecule has 0 unspecified atom stereocenters. The summed E-state index contributed by atoms with van der Waals surface area (Å²) in [5.74, 6) is -0.382. The van der Waals surface area contributed by atoms with Crippen LogP contribution in [0.3, 0.4) is 0 Å². The van der Waals surface area contributed by atoms with Gasteiger partial charge in [0, 0.05) is 43.5 Å². The smallest absolute Gasteiger partial charge is 0.409 e. The first-order chi connectivity index (χ1) is 16.5. The molecule has 0 bridgehead atoms. The minimum atomic E-state index is -0.425. The predicted octanol–water partition coefficient (Wildman–Crippen LogP) is 4.13. The Hall–Kier alpha value is -4.00. The average Bonchev–Trinajstić information content (AvgIpc) is 3.20. The van der Waals surface area contributed by atoms with Gasteiger partial charge in [-0.15, -0.1) is 0 Å². The number of carbonyl (C=O) groups excluding carboxylic acids is 2. The van der Waals surface area contributed by atoms with Crippen molar-refractivity contribution < 1.29 is 19.1 Å². The third-order valence-corrected chi connectivity index (χ3v) is 6.60. The van der Waals surface area contributed by atoms with Gasteiger partial charge in [0.2, 0.25) is 0 Å². The fraction of sp³-hybridized carbons (Fsp3) is 0.259. The van der Waals surface area contributed by atoms with Gasteiger partial charge in [0.1, 0.15) is 6.61 Å². The second-order valence-corrected chi connectivity index (χ2v) is 8.58. The number of amides is 1. The van der Waals surface area contributed by atoms with E-state index in [1.165, 1.54) is 29.4 Å². The van der Waals surface area contributed by atoms with Crippen molar-refractivity contribution in [1.29, 1.82) is 0 Å². The molecule has 1 aliphatic heterocycles. The quantitative estimate of drug-likeness (QED) is 0.469. The standard InChI is InChI=1S/C27H27N3O4/c1-33-26(31)18-14-19(28)16-20(15-18)29-10-12-30(13-11-29)27(32)34-17-25-23-8-4-2-6-21(23)22-7-3-5-9-24(22)25/h2-9,14-16,25H,10-13,17,28H2,1H3. The Labute approximate surface area is 198 Å². The molecule has 3 aromatic rings. The zero-order valence-corrected chi connectivity index (χ0v) is 19.1. The lowest BCUT2D eigenvalue weighted by atomic mass is 9.98. The predicted molar refractivity (Wildman–Crippen MR) is 131 cm³/mol. The van der Waals surface area contributed by atoms with Crippen molar-refractivity contribution in [2.45, 2.75) is 5.92 Å². The number of ether oxygens (including phenoxy) is 2. The molecule has 0 atom stereocenters. The number of benzene rings is 3. The highest BCUT2D eigenvalue weighted by molar-refractivity contribution is 5.92. The Morgan fingerprint density at radius 1 is 0.912 bits per heavy atom. The topological polar surface area (TPSA) is 85.1 Å².